The van der Waals surface area contributed by atoms with Gasteiger partial charge in [0.15, 0.2) is 0 Å². The minimum absolute atomic E-state index is 0.328. The van der Waals surface area contributed by atoms with E-state index in [1.165, 1.54) is 31.6 Å². The summed E-state index contributed by atoms with van der Waals surface area (Å²) >= 11 is 0. The fraction of sp³-hybridized carbons (Fsp3) is 0.615. The lowest BCUT2D eigenvalue weighted by Gasteiger charge is -2.22. The highest BCUT2D eigenvalue weighted by atomic mass is 19.1. The van der Waals surface area contributed by atoms with Gasteiger partial charge in [-0.3, -0.25) is 0 Å². The lowest BCUT2D eigenvalue weighted by Crippen LogP contribution is -2.36. The van der Waals surface area contributed by atoms with Gasteiger partial charge in [-0.05, 0) is 43.7 Å². The Morgan fingerprint density at radius 2 is 2.29 bits per heavy atom. The minimum Gasteiger partial charge on any atom is -0.478 e. The average Bonchev–Trinajstić information content (AvgIpc) is 3.10. The van der Waals surface area contributed by atoms with Crippen LogP contribution in [-0.2, 0) is 0 Å². The number of pyridine rings is 1. The number of aromatic nitrogens is 1. The van der Waals surface area contributed by atoms with Crippen LogP contribution < -0.4 is 10.1 Å². The summed E-state index contributed by atoms with van der Waals surface area (Å²) in [5.74, 6) is 2.09. The second kappa shape index (κ2) is 4.61. The predicted octanol–water partition coefficient (Wildman–Crippen LogP) is 1.99. The molecule has 2 heterocycles. The molecule has 3 rings (SSSR count). The van der Waals surface area contributed by atoms with Gasteiger partial charge in [0.05, 0.1) is 12.8 Å². The van der Waals surface area contributed by atoms with E-state index in [0.29, 0.717) is 18.5 Å². The zero-order chi connectivity index (χ0) is 11.7. The number of hydrogen-bond acceptors (Lipinski definition) is 3. The molecule has 3 nitrogen and oxygen atoms in total. The Morgan fingerprint density at radius 3 is 3.06 bits per heavy atom. The van der Waals surface area contributed by atoms with Gasteiger partial charge in [-0.1, -0.05) is 0 Å². The zero-order valence-electron chi connectivity index (χ0n) is 9.73. The van der Waals surface area contributed by atoms with Crippen molar-refractivity contribution >= 4 is 0 Å². The summed E-state index contributed by atoms with van der Waals surface area (Å²) in [4.78, 5) is 3.87. The highest BCUT2D eigenvalue weighted by molar-refractivity contribution is 5.10. The fourth-order valence-corrected chi connectivity index (χ4v) is 2.59. The van der Waals surface area contributed by atoms with Crippen molar-refractivity contribution in [1.82, 2.24) is 10.3 Å². The van der Waals surface area contributed by atoms with Crippen LogP contribution in [0.25, 0.3) is 0 Å². The number of nitrogens with one attached hydrogen (secondary N) is 1. The van der Waals surface area contributed by atoms with E-state index in [-0.39, 0.29) is 5.82 Å². The lowest BCUT2D eigenvalue weighted by atomic mass is 10.0. The maximum atomic E-state index is 12.6. The Morgan fingerprint density at radius 1 is 1.35 bits per heavy atom. The van der Waals surface area contributed by atoms with Crippen LogP contribution >= 0.6 is 0 Å². The molecule has 0 aromatic carbocycles. The number of ether oxygens (including phenoxy) is 1. The summed E-state index contributed by atoms with van der Waals surface area (Å²) < 4.78 is 18.1. The first-order valence-electron chi connectivity index (χ1n) is 6.29. The third-order valence-electron chi connectivity index (χ3n) is 3.74. The summed E-state index contributed by atoms with van der Waals surface area (Å²) in [7, 11) is 0. The van der Waals surface area contributed by atoms with Crippen LogP contribution in [0.3, 0.4) is 0 Å². The van der Waals surface area contributed by atoms with Gasteiger partial charge in [0.2, 0.25) is 5.88 Å². The van der Waals surface area contributed by atoms with Crippen molar-refractivity contribution in [3.63, 3.8) is 0 Å². The van der Waals surface area contributed by atoms with E-state index in [1.54, 1.807) is 6.07 Å². The van der Waals surface area contributed by atoms with E-state index >= 15 is 0 Å². The topological polar surface area (TPSA) is 34.1 Å². The molecule has 92 valence electrons. The van der Waals surface area contributed by atoms with Gasteiger partial charge in [-0.25, -0.2) is 9.37 Å². The average molecular weight is 236 g/mol. The second-order valence-electron chi connectivity index (χ2n) is 5.05. The van der Waals surface area contributed by atoms with Crippen LogP contribution in [0.15, 0.2) is 18.3 Å². The Kier molecular flexibility index (Phi) is 2.97. The summed E-state index contributed by atoms with van der Waals surface area (Å²) in [6.07, 6.45) is 4.88. The highest BCUT2D eigenvalue weighted by Gasteiger charge is 2.41. The predicted molar refractivity (Wildman–Crippen MR) is 62.3 cm³/mol. The SMILES string of the molecule is Fc1ccc(OCC[C@@H]2C[C@@H]3CC3CN2)nc1. The molecule has 2 aliphatic rings. The number of rotatable bonds is 4. The number of halogens is 1. The maximum absolute atomic E-state index is 12.6. The van der Waals surface area contributed by atoms with E-state index in [4.69, 9.17) is 4.74 Å². The molecule has 1 aromatic heterocycles. The number of fused-ring (bicyclic) bond motifs is 1. The number of hydrogen-bond donors (Lipinski definition) is 1. The van der Waals surface area contributed by atoms with Gasteiger partial charge in [0.25, 0.3) is 0 Å². The van der Waals surface area contributed by atoms with Gasteiger partial charge in [0, 0.05) is 12.1 Å². The van der Waals surface area contributed by atoms with Crippen molar-refractivity contribution in [2.24, 2.45) is 11.8 Å². The minimum atomic E-state index is -0.328. The third kappa shape index (κ3) is 2.75. The molecule has 1 aliphatic heterocycles. The van der Waals surface area contributed by atoms with Gasteiger partial charge in [0.1, 0.15) is 5.82 Å². The molecule has 3 atom stereocenters. The van der Waals surface area contributed by atoms with Crippen LogP contribution in [0, 0.1) is 17.7 Å². The molecule has 1 aliphatic carbocycles. The van der Waals surface area contributed by atoms with Crippen molar-refractivity contribution in [2.75, 3.05) is 13.2 Å². The van der Waals surface area contributed by atoms with Crippen LogP contribution in [0.2, 0.25) is 0 Å². The van der Waals surface area contributed by atoms with Gasteiger partial charge in [-0.2, -0.15) is 0 Å². The van der Waals surface area contributed by atoms with E-state index < -0.39 is 0 Å². The summed E-state index contributed by atoms with van der Waals surface area (Å²) in [5.41, 5.74) is 0. The first-order chi connectivity index (χ1) is 8.31. The van der Waals surface area contributed by atoms with E-state index in [0.717, 1.165) is 18.3 Å². The molecule has 0 spiro atoms. The molecule has 1 aromatic rings. The van der Waals surface area contributed by atoms with E-state index in [1.807, 2.05) is 0 Å². The molecule has 0 radical (unpaired) electrons. The molecule has 0 amide bonds. The Hall–Kier alpha value is -1.16. The number of piperidine rings is 1. The van der Waals surface area contributed by atoms with Crippen molar-refractivity contribution < 1.29 is 9.13 Å². The molecule has 1 saturated carbocycles. The monoisotopic (exact) mass is 236 g/mol. The van der Waals surface area contributed by atoms with Crippen LogP contribution in [0.4, 0.5) is 4.39 Å². The second-order valence-corrected chi connectivity index (χ2v) is 5.05. The van der Waals surface area contributed by atoms with Crippen molar-refractivity contribution in [1.29, 1.82) is 0 Å². The Labute approximate surface area is 100 Å². The molecular formula is C13H17FN2O. The van der Waals surface area contributed by atoms with E-state index in [2.05, 4.69) is 10.3 Å². The zero-order valence-corrected chi connectivity index (χ0v) is 9.73. The van der Waals surface area contributed by atoms with Gasteiger partial charge in [-0.15, -0.1) is 0 Å². The van der Waals surface area contributed by atoms with Crippen molar-refractivity contribution in [3.8, 4) is 5.88 Å². The molecule has 1 unspecified atom stereocenters. The highest BCUT2D eigenvalue weighted by Crippen LogP contribution is 2.44. The van der Waals surface area contributed by atoms with Crippen molar-refractivity contribution in [2.45, 2.75) is 25.3 Å². The third-order valence-corrected chi connectivity index (χ3v) is 3.74. The molecular weight excluding hydrogens is 219 g/mol. The fourth-order valence-electron chi connectivity index (χ4n) is 2.59. The first kappa shape index (κ1) is 11.0. The Bertz CT molecular complexity index is 382. The van der Waals surface area contributed by atoms with Gasteiger partial charge >= 0.3 is 0 Å². The summed E-state index contributed by atoms with van der Waals surface area (Å²) in [6, 6.07) is 3.52. The van der Waals surface area contributed by atoms with Crippen LogP contribution in [0.1, 0.15) is 19.3 Å². The largest absolute Gasteiger partial charge is 0.478 e. The van der Waals surface area contributed by atoms with Crippen molar-refractivity contribution in [3.05, 3.63) is 24.1 Å². The lowest BCUT2D eigenvalue weighted by molar-refractivity contribution is 0.257. The quantitative estimate of drug-likeness (QED) is 0.868. The standard InChI is InChI=1S/C13H17FN2O/c14-11-1-2-13(16-8-11)17-4-3-12-6-9-5-10(9)7-15-12/h1-2,8-10,12,15H,3-7H2/t9-,10?,12+/m0/s1. The summed E-state index contributed by atoms with van der Waals surface area (Å²) in [6.45, 7) is 1.82. The normalized spacial score (nSPS) is 30.8. The Balaban J connectivity index is 1.41. The first-order valence-corrected chi connectivity index (χ1v) is 6.29. The molecule has 4 heteroatoms. The van der Waals surface area contributed by atoms with Gasteiger partial charge < -0.3 is 10.1 Å². The molecule has 0 bridgehead atoms. The molecule has 2 fully saturated rings. The maximum Gasteiger partial charge on any atom is 0.213 e. The van der Waals surface area contributed by atoms with Crippen LogP contribution in [0.5, 0.6) is 5.88 Å². The molecule has 1 saturated heterocycles. The summed E-state index contributed by atoms with van der Waals surface area (Å²) in [5, 5.41) is 3.55. The number of nitrogens with zero attached hydrogens (tertiary/aromatic N) is 1. The molecule has 17 heavy (non-hydrogen) atoms. The van der Waals surface area contributed by atoms with E-state index in [9.17, 15) is 4.39 Å². The smallest absolute Gasteiger partial charge is 0.213 e. The van der Waals surface area contributed by atoms with Crippen LogP contribution in [-0.4, -0.2) is 24.2 Å². The molecule has 1 N–H and O–H groups in total.